The predicted octanol–water partition coefficient (Wildman–Crippen LogP) is 3.40. The normalized spacial score (nSPS) is 20.8. The van der Waals surface area contributed by atoms with Gasteiger partial charge in [-0.1, -0.05) is 19.3 Å². The first-order valence-corrected chi connectivity index (χ1v) is 9.44. The first kappa shape index (κ1) is 17.7. The predicted molar refractivity (Wildman–Crippen MR) is 94.4 cm³/mol. The lowest BCUT2D eigenvalue weighted by molar-refractivity contribution is -0.143. The summed E-state index contributed by atoms with van der Waals surface area (Å²) in [4.78, 5) is 28.2. The Morgan fingerprint density at radius 3 is 2.84 bits per heavy atom. The number of aliphatic carboxylic acids is 1. The van der Waals surface area contributed by atoms with Gasteiger partial charge in [0.2, 0.25) is 5.91 Å². The molecule has 3 rings (SSSR count). The van der Waals surface area contributed by atoms with Gasteiger partial charge in [-0.15, -0.1) is 11.3 Å². The van der Waals surface area contributed by atoms with E-state index in [0.29, 0.717) is 17.9 Å². The van der Waals surface area contributed by atoms with Crippen molar-refractivity contribution in [1.82, 2.24) is 10.3 Å². The maximum Gasteiger partial charge on any atom is 0.308 e. The topological polar surface area (TPSA) is 92.4 Å². The molecule has 2 aromatic rings. The molecule has 25 heavy (non-hydrogen) atoms. The molecule has 1 aliphatic carbocycles. The van der Waals surface area contributed by atoms with E-state index in [-0.39, 0.29) is 18.4 Å². The Hall–Kier alpha value is -2.15. The van der Waals surface area contributed by atoms with E-state index in [2.05, 4.69) is 10.3 Å². The lowest BCUT2D eigenvalue weighted by Gasteiger charge is -2.22. The van der Waals surface area contributed by atoms with E-state index < -0.39 is 11.9 Å². The largest absolute Gasteiger partial charge is 0.481 e. The van der Waals surface area contributed by atoms with Crippen molar-refractivity contribution in [2.24, 2.45) is 5.92 Å². The Morgan fingerprint density at radius 2 is 2.12 bits per heavy atom. The van der Waals surface area contributed by atoms with Crippen LogP contribution >= 0.6 is 11.3 Å². The number of hydrogen-bond donors (Lipinski definition) is 2. The SMILES string of the molecule is Cc1ccc(-c2nc(CC(=O)N[C@H]3CCCCC[C@H]3C(=O)O)cs2)o1. The van der Waals surface area contributed by atoms with Crippen LogP contribution in [-0.2, 0) is 16.0 Å². The molecule has 0 unspecified atom stereocenters. The highest BCUT2D eigenvalue weighted by molar-refractivity contribution is 7.13. The van der Waals surface area contributed by atoms with Crippen LogP contribution in [0.4, 0.5) is 0 Å². The van der Waals surface area contributed by atoms with Crippen molar-refractivity contribution < 1.29 is 19.1 Å². The van der Waals surface area contributed by atoms with Crippen LogP contribution in [0.5, 0.6) is 0 Å². The summed E-state index contributed by atoms with van der Waals surface area (Å²) in [6, 6.07) is 3.45. The number of hydrogen-bond acceptors (Lipinski definition) is 5. The molecular formula is C18H22N2O4S. The van der Waals surface area contributed by atoms with Crippen LogP contribution in [-0.4, -0.2) is 28.0 Å². The van der Waals surface area contributed by atoms with E-state index in [1.54, 1.807) is 0 Å². The Bertz CT molecular complexity index is 752. The second kappa shape index (κ2) is 7.82. The number of nitrogens with zero attached hydrogens (tertiary/aromatic N) is 1. The minimum absolute atomic E-state index is 0.152. The van der Waals surface area contributed by atoms with Gasteiger partial charge in [-0.25, -0.2) is 4.98 Å². The Balaban J connectivity index is 1.62. The van der Waals surface area contributed by atoms with Gasteiger partial charge in [0.05, 0.1) is 18.0 Å². The quantitative estimate of drug-likeness (QED) is 0.795. The first-order valence-electron chi connectivity index (χ1n) is 8.56. The summed E-state index contributed by atoms with van der Waals surface area (Å²) < 4.78 is 5.55. The fourth-order valence-corrected chi connectivity index (χ4v) is 4.03. The van der Waals surface area contributed by atoms with E-state index in [1.807, 2.05) is 24.4 Å². The third kappa shape index (κ3) is 4.48. The zero-order chi connectivity index (χ0) is 17.8. The molecule has 0 aromatic carbocycles. The summed E-state index contributed by atoms with van der Waals surface area (Å²) in [7, 11) is 0. The van der Waals surface area contributed by atoms with Crippen LogP contribution < -0.4 is 5.32 Å². The summed E-state index contributed by atoms with van der Waals surface area (Å²) >= 11 is 1.43. The molecule has 0 saturated heterocycles. The standard InChI is InChI=1S/C18H22N2O4S/c1-11-7-8-15(24-11)17-19-12(10-25-17)9-16(21)20-14-6-4-2-3-5-13(14)18(22)23/h7-8,10,13-14H,2-6,9H2,1H3,(H,20,21)(H,22,23)/t13-,14+/m1/s1. The van der Waals surface area contributed by atoms with E-state index in [4.69, 9.17) is 4.42 Å². The summed E-state index contributed by atoms with van der Waals surface area (Å²) in [6.45, 7) is 1.87. The number of carbonyl (C=O) groups is 2. The maximum absolute atomic E-state index is 12.3. The summed E-state index contributed by atoms with van der Waals surface area (Å²) in [5, 5.41) is 14.9. The third-order valence-electron chi connectivity index (χ3n) is 4.52. The van der Waals surface area contributed by atoms with Gasteiger partial charge in [-0.05, 0) is 31.9 Å². The van der Waals surface area contributed by atoms with Crippen molar-refractivity contribution in [3.8, 4) is 10.8 Å². The lowest BCUT2D eigenvalue weighted by atomic mass is 9.95. The van der Waals surface area contributed by atoms with Gasteiger partial charge < -0.3 is 14.8 Å². The van der Waals surface area contributed by atoms with Crippen molar-refractivity contribution >= 4 is 23.2 Å². The number of rotatable bonds is 5. The Kier molecular flexibility index (Phi) is 5.53. The van der Waals surface area contributed by atoms with Crippen LogP contribution in [0.15, 0.2) is 21.9 Å². The van der Waals surface area contributed by atoms with Gasteiger partial charge in [-0.2, -0.15) is 0 Å². The summed E-state index contributed by atoms with van der Waals surface area (Å²) in [5.41, 5.74) is 0.673. The molecule has 1 aliphatic rings. The number of aromatic nitrogens is 1. The molecule has 2 heterocycles. The van der Waals surface area contributed by atoms with Gasteiger partial charge in [-0.3, -0.25) is 9.59 Å². The molecule has 2 N–H and O–H groups in total. The molecule has 2 aromatic heterocycles. The van der Waals surface area contributed by atoms with Crippen LogP contribution in [0.2, 0.25) is 0 Å². The van der Waals surface area contributed by atoms with Gasteiger partial charge >= 0.3 is 5.97 Å². The van der Waals surface area contributed by atoms with Crippen LogP contribution in [0, 0.1) is 12.8 Å². The first-order chi connectivity index (χ1) is 12.0. The molecule has 1 fully saturated rings. The fourth-order valence-electron chi connectivity index (χ4n) is 3.25. The van der Waals surface area contributed by atoms with E-state index in [1.165, 1.54) is 11.3 Å². The average molecular weight is 362 g/mol. The molecule has 134 valence electrons. The monoisotopic (exact) mass is 362 g/mol. The van der Waals surface area contributed by atoms with Crippen molar-refractivity contribution in [2.45, 2.75) is 51.5 Å². The highest BCUT2D eigenvalue weighted by Gasteiger charge is 2.30. The van der Waals surface area contributed by atoms with Crippen LogP contribution in [0.3, 0.4) is 0 Å². The zero-order valence-corrected chi connectivity index (χ0v) is 15.0. The van der Waals surface area contributed by atoms with Gasteiger partial charge in [0.25, 0.3) is 0 Å². The minimum Gasteiger partial charge on any atom is -0.481 e. The Labute approximate surface area is 150 Å². The number of thiazole rings is 1. The van der Waals surface area contributed by atoms with Crippen molar-refractivity contribution in [2.75, 3.05) is 0 Å². The Morgan fingerprint density at radius 1 is 1.32 bits per heavy atom. The fraction of sp³-hybridized carbons (Fsp3) is 0.500. The van der Waals surface area contributed by atoms with Crippen LogP contribution in [0.1, 0.15) is 43.6 Å². The van der Waals surface area contributed by atoms with Crippen molar-refractivity contribution in [1.29, 1.82) is 0 Å². The summed E-state index contributed by atoms with van der Waals surface area (Å²) in [6.07, 6.45) is 4.37. The second-order valence-corrected chi connectivity index (χ2v) is 7.35. The number of amides is 1. The maximum atomic E-state index is 12.3. The molecule has 7 heteroatoms. The van der Waals surface area contributed by atoms with E-state index in [0.717, 1.165) is 36.5 Å². The number of carboxylic acids is 1. The molecule has 1 amide bonds. The molecule has 0 spiro atoms. The third-order valence-corrected chi connectivity index (χ3v) is 5.43. The molecule has 1 saturated carbocycles. The molecule has 0 aliphatic heterocycles. The number of aryl methyl sites for hydroxylation is 1. The average Bonchev–Trinajstić information content (AvgIpc) is 3.12. The van der Waals surface area contributed by atoms with E-state index >= 15 is 0 Å². The van der Waals surface area contributed by atoms with Crippen molar-refractivity contribution in [3.05, 3.63) is 29.0 Å². The molecule has 6 nitrogen and oxygen atoms in total. The van der Waals surface area contributed by atoms with Gasteiger partial charge in [0.15, 0.2) is 10.8 Å². The second-order valence-electron chi connectivity index (χ2n) is 6.49. The minimum atomic E-state index is -0.823. The smallest absolute Gasteiger partial charge is 0.308 e. The number of nitrogens with one attached hydrogen (secondary N) is 1. The van der Waals surface area contributed by atoms with Crippen molar-refractivity contribution in [3.63, 3.8) is 0 Å². The molecule has 2 atom stereocenters. The highest BCUT2D eigenvalue weighted by atomic mass is 32.1. The number of carbonyl (C=O) groups excluding carboxylic acids is 1. The zero-order valence-electron chi connectivity index (χ0n) is 14.2. The van der Waals surface area contributed by atoms with Gasteiger partial charge in [0, 0.05) is 11.4 Å². The number of furan rings is 1. The van der Waals surface area contributed by atoms with Gasteiger partial charge in [0.1, 0.15) is 5.76 Å². The van der Waals surface area contributed by atoms with E-state index in [9.17, 15) is 14.7 Å². The highest BCUT2D eigenvalue weighted by Crippen LogP contribution is 2.26. The summed E-state index contributed by atoms with van der Waals surface area (Å²) in [5.74, 6) is 0.0203. The number of carboxylic acid groups (broad SMARTS) is 1. The molecule has 0 radical (unpaired) electrons. The van der Waals surface area contributed by atoms with Crippen LogP contribution in [0.25, 0.3) is 10.8 Å². The molecule has 0 bridgehead atoms. The lowest BCUT2D eigenvalue weighted by Crippen LogP contribution is -2.43. The molecular weight excluding hydrogens is 340 g/mol.